The summed E-state index contributed by atoms with van der Waals surface area (Å²) < 4.78 is 20.5. The van der Waals surface area contributed by atoms with Crippen molar-refractivity contribution in [2.45, 2.75) is 63.2 Å². The van der Waals surface area contributed by atoms with Gasteiger partial charge in [-0.05, 0) is 56.6 Å². The van der Waals surface area contributed by atoms with Gasteiger partial charge in [0.2, 0.25) is 0 Å². The molecule has 1 unspecified atom stereocenters. The second-order valence-electron chi connectivity index (χ2n) is 6.49. The van der Waals surface area contributed by atoms with Crippen LogP contribution < -0.4 is 9.47 Å². The van der Waals surface area contributed by atoms with Crippen LogP contribution in [0.4, 0.5) is 0 Å². The molecule has 1 aromatic heterocycles. The number of fused-ring (bicyclic) bond motifs is 2. The van der Waals surface area contributed by atoms with Crippen LogP contribution in [0.15, 0.2) is 0 Å². The molecule has 2 aliphatic rings. The second kappa shape index (κ2) is 7.86. The van der Waals surface area contributed by atoms with Crippen LogP contribution >= 0.6 is 23.5 Å². The van der Waals surface area contributed by atoms with Crippen LogP contribution in [0.5, 0.6) is 11.8 Å². The van der Waals surface area contributed by atoms with E-state index in [1.807, 2.05) is 11.8 Å². The van der Waals surface area contributed by atoms with Gasteiger partial charge in [0.25, 0.3) is 11.8 Å². The average Bonchev–Trinajstić information content (AvgIpc) is 3.24. The zero-order chi connectivity index (χ0) is 15.4. The smallest absolute Gasteiger partial charge is 0.291 e. The third-order valence-corrected chi connectivity index (χ3v) is 6.62. The van der Waals surface area contributed by atoms with E-state index in [0.717, 1.165) is 18.3 Å². The third-order valence-electron chi connectivity index (χ3n) is 4.99. The summed E-state index contributed by atoms with van der Waals surface area (Å²) in [6, 6.07) is 0. The van der Waals surface area contributed by atoms with E-state index in [1.165, 1.54) is 50.3 Å². The summed E-state index contributed by atoms with van der Waals surface area (Å²) in [6.07, 6.45) is 11.3. The highest BCUT2D eigenvalue weighted by Crippen LogP contribution is 2.46. The van der Waals surface area contributed by atoms with Gasteiger partial charge in [0.05, 0.1) is 18.3 Å². The highest BCUT2D eigenvalue weighted by atomic mass is 32.2. The Kier molecular flexibility index (Phi) is 5.85. The minimum absolute atomic E-state index is 0.337. The van der Waals surface area contributed by atoms with Crippen molar-refractivity contribution in [2.75, 3.05) is 12.9 Å². The SMILES string of the molecule is CCCC(CCOc1nsnc1O[C@H]1C[C@@H]2CC[C@H]1C2)SC. The number of hydrogen-bond donors (Lipinski definition) is 0. The molecule has 2 bridgehead atoms. The quantitative estimate of drug-likeness (QED) is 0.665. The molecule has 6 heteroatoms. The van der Waals surface area contributed by atoms with Crippen LogP contribution in [-0.2, 0) is 0 Å². The number of hydrogen-bond acceptors (Lipinski definition) is 6. The molecule has 1 aromatic rings. The van der Waals surface area contributed by atoms with Crippen LogP contribution in [0.25, 0.3) is 0 Å². The van der Waals surface area contributed by atoms with Gasteiger partial charge in [-0.2, -0.15) is 11.8 Å². The van der Waals surface area contributed by atoms with Crippen LogP contribution in [0.1, 0.15) is 51.9 Å². The van der Waals surface area contributed by atoms with Crippen LogP contribution in [-0.4, -0.2) is 33.0 Å². The first kappa shape index (κ1) is 16.4. The molecule has 0 N–H and O–H groups in total. The minimum atomic E-state index is 0.337. The molecule has 2 aliphatic carbocycles. The number of nitrogens with zero attached hydrogens (tertiary/aromatic N) is 2. The highest BCUT2D eigenvalue weighted by molar-refractivity contribution is 7.99. The molecule has 2 saturated carbocycles. The molecule has 0 aromatic carbocycles. The van der Waals surface area contributed by atoms with Gasteiger partial charge in [-0.15, -0.1) is 8.75 Å². The maximum absolute atomic E-state index is 6.12. The molecule has 0 saturated heterocycles. The Morgan fingerprint density at radius 3 is 2.77 bits per heavy atom. The molecule has 0 spiro atoms. The molecule has 1 heterocycles. The van der Waals surface area contributed by atoms with Crippen molar-refractivity contribution >= 4 is 23.5 Å². The highest BCUT2D eigenvalue weighted by Gasteiger charge is 2.41. The Bertz CT molecular complexity index is 469. The predicted octanol–water partition coefficient (Wildman–Crippen LogP) is 4.41. The molecule has 4 nitrogen and oxygen atoms in total. The van der Waals surface area contributed by atoms with Gasteiger partial charge in [-0.3, -0.25) is 0 Å². The fraction of sp³-hybridized carbons (Fsp3) is 0.875. The first-order valence-corrected chi connectivity index (χ1v) is 10.5. The van der Waals surface area contributed by atoms with Gasteiger partial charge >= 0.3 is 0 Å². The maximum Gasteiger partial charge on any atom is 0.291 e. The molecule has 0 amide bonds. The second-order valence-corrected chi connectivity index (χ2v) is 8.16. The summed E-state index contributed by atoms with van der Waals surface area (Å²) in [7, 11) is 0. The van der Waals surface area contributed by atoms with E-state index in [2.05, 4.69) is 21.9 Å². The Labute approximate surface area is 141 Å². The zero-order valence-electron chi connectivity index (χ0n) is 13.5. The summed E-state index contributed by atoms with van der Waals surface area (Å²) in [6.45, 7) is 2.93. The van der Waals surface area contributed by atoms with Crippen LogP contribution in [0, 0.1) is 11.8 Å². The van der Waals surface area contributed by atoms with E-state index in [9.17, 15) is 0 Å². The molecule has 124 valence electrons. The lowest BCUT2D eigenvalue weighted by Gasteiger charge is -2.22. The van der Waals surface area contributed by atoms with Crippen molar-refractivity contribution in [1.29, 1.82) is 0 Å². The lowest BCUT2D eigenvalue weighted by Crippen LogP contribution is -2.23. The van der Waals surface area contributed by atoms with E-state index in [-0.39, 0.29) is 0 Å². The molecule has 4 atom stereocenters. The normalized spacial score (nSPS) is 28.0. The van der Waals surface area contributed by atoms with E-state index in [4.69, 9.17) is 9.47 Å². The van der Waals surface area contributed by atoms with Gasteiger partial charge in [-0.1, -0.05) is 13.3 Å². The molecule has 0 radical (unpaired) electrons. The van der Waals surface area contributed by atoms with E-state index in [0.29, 0.717) is 29.7 Å². The van der Waals surface area contributed by atoms with Crippen LogP contribution in [0.2, 0.25) is 0 Å². The Balaban J connectivity index is 1.47. The molecule has 2 fully saturated rings. The number of ether oxygens (including phenoxy) is 2. The fourth-order valence-electron chi connectivity index (χ4n) is 3.80. The van der Waals surface area contributed by atoms with Gasteiger partial charge in [-0.25, -0.2) is 0 Å². The average molecular weight is 343 g/mol. The van der Waals surface area contributed by atoms with Crippen molar-refractivity contribution in [1.82, 2.24) is 8.75 Å². The summed E-state index contributed by atoms with van der Waals surface area (Å²) >= 11 is 3.11. The lowest BCUT2D eigenvalue weighted by atomic mass is 9.98. The summed E-state index contributed by atoms with van der Waals surface area (Å²) in [5.41, 5.74) is 0. The summed E-state index contributed by atoms with van der Waals surface area (Å²) in [5, 5.41) is 0.673. The molecular weight excluding hydrogens is 316 g/mol. The number of rotatable bonds is 9. The van der Waals surface area contributed by atoms with E-state index < -0.39 is 0 Å². The predicted molar refractivity (Wildman–Crippen MR) is 92.1 cm³/mol. The molecular formula is C16H26N2O2S2. The van der Waals surface area contributed by atoms with Crippen molar-refractivity contribution in [3.05, 3.63) is 0 Å². The van der Waals surface area contributed by atoms with Gasteiger partial charge in [0.1, 0.15) is 6.10 Å². The largest absolute Gasteiger partial charge is 0.473 e. The molecule has 0 aliphatic heterocycles. The van der Waals surface area contributed by atoms with Crippen molar-refractivity contribution in [3.63, 3.8) is 0 Å². The minimum Gasteiger partial charge on any atom is -0.473 e. The van der Waals surface area contributed by atoms with Gasteiger partial charge in [0, 0.05) is 5.25 Å². The summed E-state index contributed by atoms with van der Waals surface area (Å²) in [5.74, 6) is 2.83. The molecule has 22 heavy (non-hydrogen) atoms. The lowest BCUT2D eigenvalue weighted by molar-refractivity contribution is 0.126. The van der Waals surface area contributed by atoms with E-state index in [1.54, 1.807) is 0 Å². The van der Waals surface area contributed by atoms with Crippen molar-refractivity contribution in [2.24, 2.45) is 11.8 Å². The topological polar surface area (TPSA) is 44.2 Å². The first-order valence-electron chi connectivity index (χ1n) is 8.45. The standard InChI is InChI=1S/C16H26N2O2S2/c1-3-4-13(21-2)7-8-19-15-16(18-22-17-15)20-14-10-11-5-6-12(14)9-11/h11-14H,3-10H2,1-2H3/t11-,12+,13?,14+/m1/s1. The maximum atomic E-state index is 6.12. The summed E-state index contributed by atoms with van der Waals surface area (Å²) in [4.78, 5) is 0. The number of thioether (sulfide) groups is 1. The Hall–Kier alpha value is -0.490. The number of aromatic nitrogens is 2. The Morgan fingerprint density at radius 2 is 2.09 bits per heavy atom. The van der Waals surface area contributed by atoms with Crippen molar-refractivity contribution in [3.8, 4) is 11.8 Å². The Morgan fingerprint density at radius 1 is 1.23 bits per heavy atom. The third kappa shape index (κ3) is 3.88. The van der Waals surface area contributed by atoms with Crippen LogP contribution in [0.3, 0.4) is 0 Å². The first-order chi connectivity index (χ1) is 10.8. The van der Waals surface area contributed by atoms with E-state index >= 15 is 0 Å². The molecule has 3 rings (SSSR count). The van der Waals surface area contributed by atoms with Crippen molar-refractivity contribution < 1.29 is 9.47 Å². The monoisotopic (exact) mass is 342 g/mol. The zero-order valence-corrected chi connectivity index (χ0v) is 15.1. The fourth-order valence-corrected chi connectivity index (χ4v) is 5.04. The van der Waals surface area contributed by atoms with Gasteiger partial charge < -0.3 is 9.47 Å². The van der Waals surface area contributed by atoms with Gasteiger partial charge in [0.15, 0.2) is 0 Å².